The number of amides is 1. The van der Waals surface area contributed by atoms with Crippen molar-refractivity contribution in [2.75, 3.05) is 13.1 Å². The highest BCUT2D eigenvalue weighted by Gasteiger charge is 2.47. The van der Waals surface area contributed by atoms with Gasteiger partial charge in [-0.1, -0.05) is 12.8 Å². The van der Waals surface area contributed by atoms with Gasteiger partial charge in [-0.3, -0.25) is 9.59 Å². The number of pyridine rings is 1. The van der Waals surface area contributed by atoms with Gasteiger partial charge in [0.25, 0.3) is 5.56 Å². The average molecular weight is 572 g/mol. The number of halogens is 6. The van der Waals surface area contributed by atoms with E-state index < -0.39 is 35.4 Å². The minimum Gasteiger partial charge on any atom is -0.333 e. The molecule has 1 N–H and O–H groups in total. The lowest BCUT2D eigenvalue weighted by Gasteiger charge is -2.34. The van der Waals surface area contributed by atoms with Gasteiger partial charge in [-0.25, -0.2) is 0 Å². The van der Waals surface area contributed by atoms with Crippen LogP contribution in [0.4, 0.5) is 26.3 Å². The Balaban J connectivity index is 1.55. The Hall–Kier alpha value is -2.86. The van der Waals surface area contributed by atoms with Gasteiger partial charge in [0.2, 0.25) is 5.91 Å². The van der Waals surface area contributed by atoms with E-state index in [-0.39, 0.29) is 29.6 Å². The van der Waals surface area contributed by atoms with Gasteiger partial charge < -0.3 is 14.8 Å². The van der Waals surface area contributed by atoms with Crippen molar-refractivity contribution in [2.24, 2.45) is 18.4 Å². The predicted molar refractivity (Wildman–Crippen MR) is 135 cm³/mol. The molecule has 1 unspecified atom stereocenters. The summed E-state index contributed by atoms with van der Waals surface area (Å²) in [7, 11) is 1.61. The lowest BCUT2D eigenvalue weighted by atomic mass is 9.80. The molecule has 1 aliphatic heterocycles. The first-order valence-corrected chi connectivity index (χ1v) is 13.4. The molecule has 3 aromatic rings. The zero-order valence-electron chi connectivity index (χ0n) is 21.1. The van der Waals surface area contributed by atoms with E-state index in [1.54, 1.807) is 25.4 Å². The smallest absolute Gasteiger partial charge is 0.333 e. The number of aromatic nitrogens is 1. The highest BCUT2D eigenvalue weighted by Crippen LogP contribution is 2.45. The normalized spacial score (nSPS) is 20.1. The molecule has 1 atom stereocenters. The molecular formula is C27H27F6N3O2S. The fourth-order valence-corrected chi connectivity index (χ4v) is 6.51. The van der Waals surface area contributed by atoms with E-state index in [2.05, 4.69) is 5.32 Å². The third-order valence-corrected chi connectivity index (χ3v) is 8.66. The van der Waals surface area contributed by atoms with Crippen molar-refractivity contribution in [2.45, 2.75) is 51.1 Å². The van der Waals surface area contributed by atoms with Crippen molar-refractivity contribution in [3.63, 3.8) is 0 Å². The van der Waals surface area contributed by atoms with Crippen molar-refractivity contribution in [1.82, 2.24) is 14.8 Å². The summed E-state index contributed by atoms with van der Waals surface area (Å²) in [4.78, 5) is 28.7. The van der Waals surface area contributed by atoms with Crippen LogP contribution in [0.25, 0.3) is 10.1 Å². The largest absolute Gasteiger partial charge is 0.416 e. The molecule has 2 aromatic heterocycles. The van der Waals surface area contributed by atoms with E-state index in [0.717, 1.165) is 12.8 Å². The summed E-state index contributed by atoms with van der Waals surface area (Å²) >= 11 is 1.17. The second kappa shape index (κ2) is 9.96. The van der Waals surface area contributed by atoms with Gasteiger partial charge in [-0.15, -0.1) is 11.3 Å². The van der Waals surface area contributed by atoms with Crippen LogP contribution in [0.2, 0.25) is 0 Å². The Morgan fingerprint density at radius 3 is 2.31 bits per heavy atom. The SMILES string of the molecule is Cn1ccc2cc(CN(Cc3cc(C(F)(F)F)cc(C(F)(F)F)c3)C(=O)C3(CC4CC4)CCNC3)sc2c1=O. The summed E-state index contributed by atoms with van der Waals surface area (Å²) in [6.07, 6.45) is -5.20. The van der Waals surface area contributed by atoms with Gasteiger partial charge in [-0.05, 0) is 66.6 Å². The molecule has 1 saturated carbocycles. The molecular weight excluding hydrogens is 544 g/mol. The van der Waals surface area contributed by atoms with E-state index >= 15 is 0 Å². The number of rotatable bonds is 7. The number of alkyl halides is 6. The number of hydrogen-bond donors (Lipinski definition) is 1. The Morgan fingerprint density at radius 2 is 1.74 bits per heavy atom. The standard InChI is InChI=1S/C27H27F6N3O2S/c1-35-7-4-18-10-21(39-22(18)23(35)37)14-36(24(38)25(5-6-34-15-25)12-16-2-3-16)13-17-8-19(26(28,29)30)11-20(9-17)27(31,32)33/h4,7-11,16,34H,2-3,5-6,12-15H2,1H3. The minimum atomic E-state index is -4.99. The average Bonchev–Trinajstić information content (AvgIpc) is 3.36. The molecule has 39 heavy (non-hydrogen) atoms. The maximum Gasteiger partial charge on any atom is 0.416 e. The summed E-state index contributed by atoms with van der Waals surface area (Å²) in [5, 5.41) is 3.88. The Labute approximate surface area is 224 Å². The van der Waals surface area contributed by atoms with Crippen LogP contribution in [0.15, 0.2) is 41.3 Å². The molecule has 1 aliphatic carbocycles. The fraction of sp³-hybridized carbons (Fsp3) is 0.481. The van der Waals surface area contributed by atoms with Gasteiger partial charge in [0.1, 0.15) is 0 Å². The summed E-state index contributed by atoms with van der Waals surface area (Å²) in [6.45, 7) is 0.547. The fourth-order valence-electron chi connectivity index (χ4n) is 5.36. The lowest BCUT2D eigenvalue weighted by molar-refractivity contribution is -0.143. The van der Waals surface area contributed by atoms with Gasteiger partial charge >= 0.3 is 12.4 Å². The summed E-state index contributed by atoms with van der Waals surface area (Å²) in [6, 6.07) is 4.94. The Bertz CT molecular complexity index is 1420. The molecule has 2 fully saturated rings. The van der Waals surface area contributed by atoms with Crippen LogP contribution < -0.4 is 10.9 Å². The number of fused-ring (bicyclic) bond motifs is 1. The molecule has 1 amide bonds. The molecule has 1 saturated heterocycles. The highest BCUT2D eigenvalue weighted by molar-refractivity contribution is 7.19. The van der Waals surface area contributed by atoms with Crippen molar-refractivity contribution >= 4 is 27.3 Å². The molecule has 5 nitrogen and oxygen atoms in total. The van der Waals surface area contributed by atoms with Crippen LogP contribution in [0.5, 0.6) is 0 Å². The molecule has 3 heterocycles. The minimum absolute atomic E-state index is 0.0364. The van der Waals surface area contributed by atoms with Gasteiger partial charge in [0.15, 0.2) is 0 Å². The molecule has 1 aromatic carbocycles. The number of carbonyl (C=O) groups excluding carboxylic acids is 1. The molecule has 12 heteroatoms. The Kier molecular flexibility index (Phi) is 7.07. The molecule has 0 spiro atoms. The van der Waals surface area contributed by atoms with Crippen molar-refractivity contribution in [3.05, 3.63) is 68.4 Å². The number of benzene rings is 1. The predicted octanol–water partition coefficient (Wildman–Crippen LogP) is 5.95. The van der Waals surface area contributed by atoms with Crippen molar-refractivity contribution < 1.29 is 31.1 Å². The monoisotopic (exact) mass is 571 g/mol. The number of nitrogens with zero attached hydrogens (tertiary/aromatic N) is 2. The van der Waals surface area contributed by atoms with Crippen LogP contribution in [-0.4, -0.2) is 28.5 Å². The second-order valence-electron chi connectivity index (χ2n) is 10.7. The zero-order valence-corrected chi connectivity index (χ0v) is 21.9. The third kappa shape index (κ3) is 5.86. The number of hydrogen-bond acceptors (Lipinski definition) is 4. The van der Waals surface area contributed by atoms with E-state index in [9.17, 15) is 35.9 Å². The first-order chi connectivity index (χ1) is 18.2. The van der Waals surface area contributed by atoms with Gasteiger partial charge in [0, 0.05) is 31.2 Å². The summed E-state index contributed by atoms with van der Waals surface area (Å²) in [5.41, 5.74) is -4.09. The Morgan fingerprint density at radius 1 is 1.08 bits per heavy atom. The van der Waals surface area contributed by atoms with Crippen LogP contribution in [0.3, 0.4) is 0 Å². The third-order valence-electron chi connectivity index (χ3n) is 7.53. The molecule has 5 rings (SSSR count). The van der Waals surface area contributed by atoms with Gasteiger partial charge in [0.05, 0.1) is 27.8 Å². The maximum absolute atomic E-state index is 14.1. The first kappa shape index (κ1) is 27.7. The maximum atomic E-state index is 14.1. The quantitative estimate of drug-likeness (QED) is 0.357. The molecule has 2 aliphatic rings. The number of thiophene rings is 1. The first-order valence-electron chi connectivity index (χ1n) is 12.6. The van der Waals surface area contributed by atoms with E-state index in [1.807, 2.05) is 0 Å². The van der Waals surface area contributed by atoms with E-state index in [1.165, 1.54) is 20.8 Å². The molecule has 0 radical (unpaired) electrons. The topological polar surface area (TPSA) is 54.3 Å². The highest BCUT2D eigenvalue weighted by atomic mass is 32.1. The summed E-state index contributed by atoms with van der Waals surface area (Å²) in [5.74, 6) is 0.0872. The van der Waals surface area contributed by atoms with Crippen molar-refractivity contribution in [3.8, 4) is 0 Å². The van der Waals surface area contributed by atoms with Crippen LogP contribution in [0.1, 0.15) is 47.3 Å². The molecule has 0 bridgehead atoms. The number of aryl methyl sites for hydroxylation is 1. The van der Waals surface area contributed by atoms with Crippen LogP contribution in [0, 0.1) is 11.3 Å². The van der Waals surface area contributed by atoms with Gasteiger partial charge in [-0.2, -0.15) is 26.3 Å². The van der Waals surface area contributed by atoms with Crippen LogP contribution >= 0.6 is 11.3 Å². The van der Waals surface area contributed by atoms with Crippen molar-refractivity contribution in [1.29, 1.82) is 0 Å². The second-order valence-corrected chi connectivity index (χ2v) is 11.8. The van der Waals surface area contributed by atoms with Crippen LogP contribution in [-0.2, 0) is 37.3 Å². The number of carbonyl (C=O) groups is 1. The summed E-state index contributed by atoms with van der Waals surface area (Å²) < 4.78 is 83.1. The molecule has 210 valence electrons. The lowest BCUT2D eigenvalue weighted by Crippen LogP contribution is -2.45. The van der Waals surface area contributed by atoms with E-state index in [0.29, 0.717) is 58.9 Å². The zero-order chi connectivity index (χ0) is 28.2. The number of nitrogens with one attached hydrogen (secondary N) is 1. The van der Waals surface area contributed by atoms with E-state index in [4.69, 9.17) is 0 Å².